The second kappa shape index (κ2) is 7.99. The Hall–Kier alpha value is -2.55. The van der Waals surface area contributed by atoms with Crippen LogP contribution in [0.4, 0.5) is 0 Å². The minimum Gasteiger partial charge on any atom is -0.489 e. The van der Waals surface area contributed by atoms with Crippen LogP contribution in [0.25, 0.3) is 0 Å². The lowest BCUT2D eigenvalue weighted by Gasteiger charge is -2.35. The fourth-order valence-corrected chi connectivity index (χ4v) is 4.06. The number of ether oxygens (including phenoxy) is 2. The highest BCUT2D eigenvalue weighted by Crippen LogP contribution is 2.45. The maximum absolute atomic E-state index is 11.2. The van der Waals surface area contributed by atoms with Crippen LogP contribution in [0, 0.1) is 26.7 Å². The van der Waals surface area contributed by atoms with Gasteiger partial charge in [-0.05, 0) is 68.9 Å². The summed E-state index contributed by atoms with van der Waals surface area (Å²) in [6, 6.07) is 10.5. The van der Waals surface area contributed by atoms with Crippen molar-refractivity contribution in [3.05, 3.63) is 75.9 Å². The zero-order valence-corrected chi connectivity index (χ0v) is 16.7. The van der Waals surface area contributed by atoms with Gasteiger partial charge in [-0.25, -0.2) is 0 Å². The Kier molecular flexibility index (Phi) is 5.69. The summed E-state index contributed by atoms with van der Waals surface area (Å²) in [6.07, 6.45) is 1.63. The number of carbonyl (C=O) groups excluding carboxylic acids is 1. The van der Waals surface area contributed by atoms with Gasteiger partial charge in [-0.15, -0.1) is 0 Å². The first-order valence-electron chi connectivity index (χ1n) is 9.48. The fourth-order valence-electron chi connectivity index (χ4n) is 4.06. The van der Waals surface area contributed by atoms with Crippen molar-refractivity contribution in [2.75, 3.05) is 0 Å². The van der Waals surface area contributed by atoms with E-state index in [1.54, 1.807) is 0 Å². The molecule has 0 saturated heterocycles. The molecule has 3 heteroatoms. The van der Waals surface area contributed by atoms with Crippen molar-refractivity contribution in [3.63, 3.8) is 0 Å². The highest BCUT2D eigenvalue weighted by molar-refractivity contribution is 5.53. The Balaban J connectivity index is 1.95. The molecule has 3 rings (SSSR count). The minimum absolute atomic E-state index is 0.146. The lowest BCUT2D eigenvalue weighted by molar-refractivity contribution is -0.136. The lowest BCUT2D eigenvalue weighted by Crippen LogP contribution is -2.25. The second-order valence-corrected chi connectivity index (χ2v) is 7.63. The predicted molar refractivity (Wildman–Crippen MR) is 108 cm³/mol. The molecule has 2 aromatic rings. The zero-order chi connectivity index (χ0) is 19.6. The summed E-state index contributed by atoms with van der Waals surface area (Å²) < 4.78 is 11.7. The molecule has 0 radical (unpaired) electrons. The molecule has 0 aliphatic heterocycles. The van der Waals surface area contributed by atoms with Crippen molar-refractivity contribution < 1.29 is 14.3 Å². The predicted octanol–water partition coefficient (Wildman–Crippen LogP) is 5.54. The Morgan fingerprint density at radius 2 is 1.93 bits per heavy atom. The normalized spacial score (nSPS) is 18.5. The van der Waals surface area contributed by atoms with Crippen LogP contribution in [0.5, 0.6) is 5.75 Å². The molecule has 0 saturated carbocycles. The highest BCUT2D eigenvalue weighted by atomic mass is 16.5. The minimum atomic E-state index is -0.287. The third kappa shape index (κ3) is 3.92. The number of hydrogen-bond acceptors (Lipinski definition) is 3. The Morgan fingerprint density at radius 1 is 1.22 bits per heavy atom. The molecule has 142 valence electrons. The Labute approximate surface area is 162 Å². The van der Waals surface area contributed by atoms with Gasteiger partial charge in [-0.1, -0.05) is 42.0 Å². The second-order valence-electron chi connectivity index (χ2n) is 7.63. The van der Waals surface area contributed by atoms with Crippen LogP contribution in [-0.4, -0.2) is 6.47 Å². The van der Waals surface area contributed by atoms with Crippen molar-refractivity contribution in [2.24, 2.45) is 5.92 Å². The Bertz CT molecular complexity index is 849. The third-order valence-electron chi connectivity index (χ3n) is 5.63. The van der Waals surface area contributed by atoms with Gasteiger partial charge in [-0.2, -0.15) is 0 Å². The van der Waals surface area contributed by atoms with Crippen LogP contribution in [0.3, 0.4) is 0 Å². The first-order valence-corrected chi connectivity index (χ1v) is 9.48. The summed E-state index contributed by atoms with van der Waals surface area (Å²) in [5, 5.41) is 0. The van der Waals surface area contributed by atoms with Crippen molar-refractivity contribution in [2.45, 2.75) is 53.2 Å². The average Bonchev–Trinajstić information content (AvgIpc) is 2.64. The summed E-state index contributed by atoms with van der Waals surface area (Å²) in [6.45, 7) is 13.4. The van der Waals surface area contributed by atoms with E-state index in [2.05, 4.69) is 57.7 Å². The fraction of sp³-hybridized carbons (Fsp3) is 0.375. The van der Waals surface area contributed by atoms with E-state index >= 15 is 0 Å². The molecule has 0 N–H and O–H groups in total. The molecule has 0 unspecified atom stereocenters. The van der Waals surface area contributed by atoms with Gasteiger partial charge in [0.2, 0.25) is 0 Å². The van der Waals surface area contributed by atoms with Gasteiger partial charge < -0.3 is 9.47 Å². The SMILES string of the molecule is C=C(C)[C@@H]1CCc2c(C)cc(OCc3ccc(C)cc3)c(C)c2[C@@H]1OC=O. The van der Waals surface area contributed by atoms with Gasteiger partial charge in [0.1, 0.15) is 18.5 Å². The first kappa shape index (κ1) is 19.2. The van der Waals surface area contributed by atoms with Gasteiger partial charge in [0.15, 0.2) is 0 Å². The zero-order valence-electron chi connectivity index (χ0n) is 16.7. The van der Waals surface area contributed by atoms with E-state index in [0.717, 1.165) is 40.9 Å². The first-order chi connectivity index (χ1) is 12.9. The van der Waals surface area contributed by atoms with Gasteiger partial charge >= 0.3 is 0 Å². The van der Waals surface area contributed by atoms with Crippen molar-refractivity contribution in [3.8, 4) is 5.75 Å². The van der Waals surface area contributed by atoms with Crippen molar-refractivity contribution in [1.29, 1.82) is 0 Å². The third-order valence-corrected chi connectivity index (χ3v) is 5.63. The van der Waals surface area contributed by atoms with E-state index in [4.69, 9.17) is 9.47 Å². The lowest BCUT2D eigenvalue weighted by atomic mass is 9.75. The highest BCUT2D eigenvalue weighted by Gasteiger charge is 2.34. The summed E-state index contributed by atoms with van der Waals surface area (Å²) in [5.41, 5.74) is 8.04. The van der Waals surface area contributed by atoms with Gasteiger partial charge in [-0.3, -0.25) is 4.79 Å². The van der Waals surface area contributed by atoms with E-state index in [9.17, 15) is 4.79 Å². The smallest absolute Gasteiger partial charge is 0.293 e. The van der Waals surface area contributed by atoms with Crippen molar-refractivity contribution in [1.82, 2.24) is 0 Å². The van der Waals surface area contributed by atoms with Crippen LogP contribution in [0.2, 0.25) is 0 Å². The molecule has 0 amide bonds. The summed E-state index contributed by atoms with van der Waals surface area (Å²) >= 11 is 0. The van der Waals surface area contributed by atoms with E-state index in [1.165, 1.54) is 16.7 Å². The molecule has 0 fully saturated rings. The van der Waals surface area contributed by atoms with Crippen LogP contribution >= 0.6 is 0 Å². The standard InChI is InChI=1S/C24H28O3/c1-15(2)20-10-11-21-17(4)12-22(18(5)23(21)24(20)27-14-25)26-13-19-8-6-16(3)7-9-19/h6-9,12,14,20,24H,1,10-11,13H2,2-5H3/t20-,24+/m0/s1. The number of rotatable bonds is 6. The number of aryl methyl sites for hydroxylation is 2. The van der Waals surface area contributed by atoms with Crippen LogP contribution < -0.4 is 4.74 Å². The molecular formula is C24H28O3. The van der Waals surface area contributed by atoms with Gasteiger partial charge in [0.05, 0.1) is 0 Å². The van der Waals surface area contributed by atoms with Gasteiger partial charge in [0.25, 0.3) is 6.47 Å². The quantitative estimate of drug-likeness (QED) is 0.498. The molecule has 27 heavy (non-hydrogen) atoms. The molecule has 0 heterocycles. The maximum Gasteiger partial charge on any atom is 0.293 e. The molecule has 2 aromatic carbocycles. The van der Waals surface area contributed by atoms with Crippen LogP contribution in [-0.2, 0) is 22.6 Å². The molecule has 0 bridgehead atoms. The van der Waals surface area contributed by atoms with Crippen molar-refractivity contribution >= 4 is 6.47 Å². The molecule has 3 nitrogen and oxygen atoms in total. The number of benzene rings is 2. The number of fused-ring (bicyclic) bond motifs is 1. The number of hydrogen-bond donors (Lipinski definition) is 0. The van der Waals surface area contributed by atoms with E-state index in [0.29, 0.717) is 13.1 Å². The van der Waals surface area contributed by atoms with Crippen LogP contribution in [0.15, 0.2) is 42.5 Å². The van der Waals surface area contributed by atoms with Crippen LogP contribution in [0.1, 0.15) is 52.8 Å². The molecule has 2 atom stereocenters. The van der Waals surface area contributed by atoms with Gasteiger partial charge in [0, 0.05) is 11.5 Å². The molecule has 0 aromatic heterocycles. The summed E-state index contributed by atoms with van der Waals surface area (Å²) in [5.74, 6) is 1.00. The van der Waals surface area contributed by atoms with E-state index in [-0.39, 0.29) is 12.0 Å². The molecule has 1 aliphatic carbocycles. The summed E-state index contributed by atoms with van der Waals surface area (Å²) in [7, 11) is 0. The monoisotopic (exact) mass is 364 g/mol. The summed E-state index contributed by atoms with van der Waals surface area (Å²) in [4.78, 5) is 11.2. The molecule has 1 aliphatic rings. The maximum atomic E-state index is 11.2. The average molecular weight is 364 g/mol. The van der Waals surface area contributed by atoms with E-state index in [1.807, 2.05) is 6.92 Å². The largest absolute Gasteiger partial charge is 0.489 e. The molecule has 0 spiro atoms. The van der Waals surface area contributed by atoms with E-state index < -0.39 is 0 Å². The number of carbonyl (C=O) groups is 1. The Morgan fingerprint density at radius 3 is 2.56 bits per heavy atom. The topological polar surface area (TPSA) is 35.5 Å². The molecular weight excluding hydrogens is 336 g/mol.